The van der Waals surface area contributed by atoms with Gasteiger partial charge >= 0.3 is 5.97 Å². The van der Waals surface area contributed by atoms with Crippen molar-refractivity contribution in [1.29, 1.82) is 0 Å². The Bertz CT molecular complexity index is 664. The highest BCUT2D eigenvalue weighted by molar-refractivity contribution is 5.76. The number of unbranched alkanes of at least 4 members (excludes halogenated alkanes) is 1. The lowest BCUT2D eigenvalue weighted by atomic mass is 9.92. The van der Waals surface area contributed by atoms with E-state index in [-0.39, 0.29) is 0 Å². The van der Waals surface area contributed by atoms with Gasteiger partial charge in [0.05, 0.1) is 19.1 Å². The van der Waals surface area contributed by atoms with Gasteiger partial charge in [0.1, 0.15) is 11.5 Å². The molecule has 0 radical (unpaired) electrons. The fourth-order valence-electron chi connectivity index (χ4n) is 2.63. The zero-order valence-corrected chi connectivity index (χ0v) is 14.9. The highest BCUT2D eigenvalue weighted by atomic mass is 16.5. The van der Waals surface area contributed by atoms with Gasteiger partial charge in [0, 0.05) is 0 Å². The third-order valence-electron chi connectivity index (χ3n) is 4.00. The van der Waals surface area contributed by atoms with E-state index in [2.05, 4.69) is 6.92 Å². The fourth-order valence-corrected chi connectivity index (χ4v) is 2.63. The topological polar surface area (TPSA) is 55.8 Å². The average molecular weight is 342 g/mol. The molecule has 0 aromatic heterocycles. The molecule has 0 spiro atoms. The maximum absolute atomic E-state index is 11.7. The first-order valence-corrected chi connectivity index (χ1v) is 8.81. The van der Waals surface area contributed by atoms with E-state index in [1.165, 1.54) is 0 Å². The second kappa shape index (κ2) is 9.72. The van der Waals surface area contributed by atoms with Crippen molar-refractivity contribution in [2.45, 2.75) is 39.0 Å². The number of rotatable bonds is 10. The van der Waals surface area contributed by atoms with E-state index >= 15 is 0 Å². The molecule has 0 amide bonds. The molecule has 1 N–H and O–H groups in total. The Morgan fingerprint density at radius 1 is 1.04 bits per heavy atom. The van der Waals surface area contributed by atoms with Crippen LogP contribution in [0.1, 0.15) is 43.7 Å². The predicted octanol–water partition coefficient (Wildman–Crippen LogP) is 4.68. The van der Waals surface area contributed by atoms with Crippen LogP contribution >= 0.6 is 0 Å². The molecule has 0 saturated heterocycles. The summed E-state index contributed by atoms with van der Waals surface area (Å²) in [5.41, 5.74) is 1.72. The quantitative estimate of drug-likeness (QED) is 0.637. The molecule has 0 saturated carbocycles. The van der Waals surface area contributed by atoms with E-state index in [0.717, 1.165) is 29.7 Å². The highest BCUT2D eigenvalue weighted by Crippen LogP contribution is 2.26. The summed E-state index contributed by atoms with van der Waals surface area (Å²) in [6.07, 6.45) is 2.55. The molecule has 2 aromatic carbocycles. The fraction of sp³-hybridized carbons (Fsp3) is 0.381. The van der Waals surface area contributed by atoms with Crippen molar-refractivity contribution in [3.8, 4) is 11.5 Å². The third-order valence-corrected chi connectivity index (χ3v) is 4.00. The Balaban J connectivity index is 2.08. The lowest BCUT2D eigenvalue weighted by Crippen LogP contribution is -2.14. The first kappa shape index (κ1) is 18.8. The number of carboxylic acids is 1. The molecule has 0 aliphatic heterocycles. The summed E-state index contributed by atoms with van der Waals surface area (Å²) >= 11 is 0. The third kappa shape index (κ3) is 5.82. The van der Waals surface area contributed by atoms with Crippen LogP contribution in [-0.4, -0.2) is 24.3 Å². The van der Waals surface area contributed by atoms with Crippen molar-refractivity contribution >= 4 is 5.97 Å². The molecule has 0 fully saturated rings. The maximum Gasteiger partial charge on any atom is 0.311 e. The SMILES string of the molecule is CCCCOc1ccc(CC(C(=O)O)c2cccc(OCC)c2)cc1. The maximum atomic E-state index is 11.7. The second-order valence-corrected chi connectivity index (χ2v) is 5.95. The summed E-state index contributed by atoms with van der Waals surface area (Å²) in [5, 5.41) is 9.64. The zero-order valence-electron chi connectivity index (χ0n) is 14.9. The summed E-state index contributed by atoms with van der Waals surface area (Å²) < 4.78 is 11.1. The average Bonchev–Trinajstić information content (AvgIpc) is 2.61. The van der Waals surface area contributed by atoms with Gasteiger partial charge in [-0.15, -0.1) is 0 Å². The minimum Gasteiger partial charge on any atom is -0.494 e. The summed E-state index contributed by atoms with van der Waals surface area (Å²) in [5.74, 6) is 0.0810. The normalized spacial score (nSPS) is 11.8. The Morgan fingerprint density at radius 2 is 1.80 bits per heavy atom. The van der Waals surface area contributed by atoms with Crippen LogP contribution in [0.15, 0.2) is 48.5 Å². The molecule has 2 rings (SSSR count). The van der Waals surface area contributed by atoms with Crippen molar-refractivity contribution in [2.75, 3.05) is 13.2 Å². The van der Waals surface area contributed by atoms with Crippen LogP contribution in [0.3, 0.4) is 0 Å². The zero-order chi connectivity index (χ0) is 18.1. The number of ether oxygens (including phenoxy) is 2. The van der Waals surface area contributed by atoms with Crippen LogP contribution in [0.2, 0.25) is 0 Å². The molecule has 25 heavy (non-hydrogen) atoms. The molecule has 134 valence electrons. The molecule has 0 aliphatic rings. The molecule has 1 unspecified atom stereocenters. The number of aliphatic carboxylic acids is 1. The molecule has 0 heterocycles. The predicted molar refractivity (Wildman–Crippen MR) is 98.5 cm³/mol. The van der Waals surface area contributed by atoms with E-state index < -0.39 is 11.9 Å². The van der Waals surface area contributed by atoms with Crippen molar-refractivity contribution in [2.24, 2.45) is 0 Å². The standard InChI is InChI=1S/C21H26O4/c1-3-5-13-25-18-11-9-16(10-12-18)14-20(21(22)23)17-7-6-8-19(15-17)24-4-2/h6-12,15,20H,3-5,13-14H2,1-2H3,(H,22,23). The van der Waals surface area contributed by atoms with Crippen LogP contribution in [-0.2, 0) is 11.2 Å². The van der Waals surface area contributed by atoms with Gasteiger partial charge in [0.15, 0.2) is 0 Å². The minimum atomic E-state index is -0.836. The van der Waals surface area contributed by atoms with Gasteiger partial charge in [-0.1, -0.05) is 37.6 Å². The Kier molecular flexibility index (Phi) is 7.33. The van der Waals surface area contributed by atoms with E-state index in [1.807, 2.05) is 55.5 Å². The first-order chi connectivity index (χ1) is 12.1. The molecule has 2 aromatic rings. The van der Waals surface area contributed by atoms with Crippen LogP contribution in [0.25, 0.3) is 0 Å². The van der Waals surface area contributed by atoms with Crippen molar-refractivity contribution in [1.82, 2.24) is 0 Å². The van der Waals surface area contributed by atoms with Crippen molar-refractivity contribution in [3.05, 3.63) is 59.7 Å². The van der Waals surface area contributed by atoms with Crippen LogP contribution in [0.5, 0.6) is 11.5 Å². The Morgan fingerprint density at radius 3 is 2.44 bits per heavy atom. The van der Waals surface area contributed by atoms with Gasteiger partial charge < -0.3 is 14.6 Å². The van der Waals surface area contributed by atoms with E-state index in [0.29, 0.717) is 25.4 Å². The summed E-state index contributed by atoms with van der Waals surface area (Å²) in [6.45, 7) is 5.29. The van der Waals surface area contributed by atoms with E-state index in [1.54, 1.807) is 0 Å². The summed E-state index contributed by atoms with van der Waals surface area (Å²) in [7, 11) is 0. The minimum absolute atomic E-state index is 0.431. The first-order valence-electron chi connectivity index (χ1n) is 8.81. The van der Waals surface area contributed by atoms with Crippen LogP contribution in [0, 0.1) is 0 Å². The number of carboxylic acid groups (broad SMARTS) is 1. The number of benzene rings is 2. The highest BCUT2D eigenvalue weighted by Gasteiger charge is 2.21. The summed E-state index contributed by atoms with van der Waals surface area (Å²) in [6, 6.07) is 15.0. The molecule has 4 nitrogen and oxygen atoms in total. The molecular weight excluding hydrogens is 316 g/mol. The largest absolute Gasteiger partial charge is 0.494 e. The van der Waals surface area contributed by atoms with E-state index in [4.69, 9.17) is 9.47 Å². The second-order valence-electron chi connectivity index (χ2n) is 5.95. The van der Waals surface area contributed by atoms with Crippen molar-refractivity contribution in [3.63, 3.8) is 0 Å². The van der Waals surface area contributed by atoms with Crippen LogP contribution < -0.4 is 9.47 Å². The number of carbonyl (C=O) groups is 1. The Labute approximate surface area is 149 Å². The van der Waals surface area contributed by atoms with Gasteiger partial charge in [-0.3, -0.25) is 4.79 Å². The number of hydrogen-bond donors (Lipinski definition) is 1. The van der Waals surface area contributed by atoms with Gasteiger partial charge in [-0.25, -0.2) is 0 Å². The van der Waals surface area contributed by atoms with Crippen molar-refractivity contribution < 1.29 is 19.4 Å². The molecule has 1 atom stereocenters. The van der Waals surface area contributed by atoms with Gasteiger partial charge in [-0.2, -0.15) is 0 Å². The van der Waals surface area contributed by atoms with Crippen LogP contribution in [0.4, 0.5) is 0 Å². The molecule has 4 heteroatoms. The lowest BCUT2D eigenvalue weighted by molar-refractivity contribution is -0.138. The molecular formula is C21H26O4. The molecule has 0 aliphatic carbocycles. The number of hydrogen-bond acceptors (Lipinski definition) is 3. The smallest absolute Gasteiger partial charge is 0.311 e. The van der Waals surface area contributed by atoms with Gasteiger partial charge in [0.25, 0.3) is 0 Å². The van der Waals surface area contributed by atoms with Gasteiger partial charge in [0.2, 0.25) is 0 Å². The monoisotopic (exact) mass is 342 g/mol. The van der Waals surface area contributed by atoms with E-state index in [9.17, 15) is 9.90 Å². The van der Waals surface area contributed by atoms with Gasteiger partial charge in [-0.05, 0) is 55.2 Å². The molecule has 0 bridgehead atoms. The Hall–Kier alpha value is -2.49. The lowest BCUT2D eigenvalue weighted by Gasteiger charge is -2.15. The summed E-state index contributed by atoms with van der Waals surface area (Å²) in [4.78, 5) is 11.7.